The van der Waals surface area contributed by atoms with E-state index in [9.17, 15) is 4.79 Å². The molecule has 2 aromatic carbocycles. The topological polar surface area (TPSA) is 63.0 Å². The molecule has 1 N–H and O–H groups in total. The van der Waals surface area contributed by atoms with Crippen LogP contribution >= 0.6 is 33.9 Å². The largest absolute Gasteiger partial charge is 0.295 e. The number of halogens is 1. The molecule has 4 aromatic rings. The first-order chi connectivity index (χ1) is 12.5. The van der Waals surface area contributed by atoms with Gasteiger partial charge in [-0.25, -0.2) is 14.7 Å². The summed E-state index contributed by atoms with van der Waals surface area (Å²) in [7, 11) is 0. The van der Waals surface area contributed by atoms with E-state index in [-0.39, 0.29) is 5.56 Å². The molecule has 0 aliphatic heterocycles. The third-order valence-corrected chi connectivity index (χ3v) is 5.68. The van der Waals surface area contributed by atoms with Gasteiger partial charge in [0.15, 0.2) is 0 Å². The lowest BCUT2D eigenvalue weighted by Gasteiger charge is -2.00. The molecule has 0 aliphatic carbocycles. The van der Waals surface area contributed by atoms with Crippen LogP contribution in [-0.2, 0) is 0 Å². The molecule has 0 saturated heterocycles. The SMILES string of the molecule is Cc1ccc2nc(N=Cc3c(C)[nH]n(-c4ccc(I)cc4)c3=O)sc2c1. The van der Waals surface area contributed by atoms with Gasteiger partial charge in [-0.15, -0.1) is 0 Å². The Hall–Kier alpha value is -2.26. The molecular formula is C19H15IN4OS. The summed E-state index contributed by atoms with van der Waals surface area (Å²) in [6.45, 7) is 3.92. The number of fused-ring (bicyclic) bond motifs is 1. The molecule has 7 heteroatoms. The molecule has 26 heavy (non-hydrogen) atoms. The Kier molecular flexibility index (Phi) is 4.49. The number of H-pyrrole nitrogens is 1. The number of hydrogen-bond donors (Lipinski definition) is 1. The average molecular weight is 474 g/mol. The highest BCUT2D eigenvalue weighted by molar-refractivity contribution is 14.1. The van der Waals surface area contributed by atoms with E-state index in [4.69, 9.17) is 0 Å². The lowest BCUT2D eigenvalue weighted by atomic mass is 10.2. The van der Waals surface area contributed by atoms with Gasteiger partial charge in [0.1, 0.15) is 0 Å². The van der Waals surface area contributed by atoms with Crippen molar-refractivity contribution in [2.45, 2.75) is 13.8 Å². The summed E-state index contributed by atoms with van der Waals surface area (Å²) in [5.41, 5.74) is 4.11. The molecule has 5 nitrogen and oxygen atoms in total. The Morgan fingerprint density at radius 1 is 1.19 bits per heavy atom. The predicted molar refractivity (Wildman–Crippen MR) is 115 cm³/mol. The smallest absolute Gasteiger partial charge is 0.280 e. The second kappa shape index (κ2) is 6.81. The molecular weight excluding hydrogens is 459 g/mol. The van der Waals surface area contributed by atoms with E-state index in [1.165, 1.54) is 21.6 Å². The van der Waals surface area contributed by atoms with Gasteiger partial charge in [-0.1, -0.05) is 17.4 Å². The summed E-state index contributed by atoms with van der Waals surface area (Å²) in [6, 6.07) is 13.9. The predicted octanol–water partition coefficient (Wildman–Crippen LogP) is 4.75. The lowest BCUT2D eigenvalue weighted by molar-refractivity contribution is 0.835. The standard InChI is InChI=1S/C19H15IN4OS/c1-11-3-8-16-17(9-11)26-19(22-16)21-10-15-12(2)23-24(18(15)25)14-6-4-13(20)5-7-14/h3-10,23H,1-2H3. The van der Waals surface area contributed by atoms with Crippen molar-refractivity contribution >= 4 is 55.5 Å². The van der Waals surface area contributed by atoms with Crippen LogP contribution in [0.3, 0.4) is 0 Å². The Balaban J connectivity index is 1.70. The third-order valence-electron chi connectivity index (χ3n) is 4.04. The maximum atomic E-state index is 12.7. The van der Waals surface area contributed by atoms with Crippen LogP contribution < -0.4 is 5.56 Å². The van der Waals surface area contributed by atoms with Gasteiger partial charge in [-0.3, -0.25) is 9.89 Å². The third kappa shape index (κ3) is 3.24. The van der Waals surface area contributed by atoms with Crippen molar-refractivity contribution in [1.29, 1.82) is 0 Å². The number of benzene rings is 2. The second-order valence-corrected chi connectivity index (χ2v) is 8.25. The van der Waals surface area contributed by atoms with Crippen LogP contribution in [0.25, 0.3) is 15.9 Å². The average Bonchev–Trinajstić information content (AvgIpc) is 3.14. The highest BCUT2D eigenvalue weighted by Gasteiger charge is 2.11. The van der Waals surface area contributed by atoms with E-state index in [0.717, 1.165) is 25.2 Å². The molecule has 0 spiro atoms. The normalized spacial score (nSPS) is 11.7. The Morgan fingerprint density at radius 3 is 2.73 bits per heavy atom. The molecule has 0 unspecified atom stereocenters. The monoisotopic (exact) mass is 474 g/mol. The molecule has 0 fully saturated rings. The first-order valence-electron chi connectivity index (χ1n) is 8.00. The van der Waals surface area contributed by atoms with Crippen molar-refractivity contribution in [3.8, 4) is 5.69 Å². The van der Waals surface area contributed by atoms with Crippen molar-refractivity contribution in [2.24, 2.45) is 4.99 Å². The zero-order valence-electron chi connectivity index (χ0n) is 14.2. The summed E-state index contributed by atoms with van der Waals surface area (Å²) < 4.78 is 3.75. The molecule has 0 amide bonds. The first kappa shape index (κ1) is 17.2. The van der Waals surface area contributed by atoms with Crippen molar-refractivity contribution in [2.75, 3.05) is 0 Å². The highest BCUT2D eigenvalue weighted by Crippen LogP contribution is 2.28. The number of aliphatic imine (C=N–C) groups is 1. The van der Waals surface area contributed by atoms with Crippen LogP contribution in [0, 0.1) is 17.4 Å². The molecule has 2 heterocycles. The van der Waals surface area contributed by atoms with Crippen LogP contribution in [0.5, 0.6) is 0 Å². The van der Waals surface area contributed by atoms with E-state index in [0.29, 0.717) is 10.7 Å². The minimum atomic E-state index is -0.121. The van der Waals surface area contributed by atoms with E-state index < -0.39 is 0 Å². The Labute approximate surface area is 167 Å². The fraction of sp³-hybridized carbons (Fsp3) is 0.105. The van der Waals surface area contributed by atoms with Gasteiger partial charge in [0.25, 0.3) is 5.56 Å². The van der Waals surface area contributed by atoms with Crippen molar-refractivity contribution < 1.29 is 0 Å². The number of aryl methyl sites for hydroxylation is 2. The Bertz CT molecular complexity index is 1180. The maximum absolute atomic E-state index is 12.7. The van der Waals surface area contributed by atoms with Gasteiger partial charge in [0, 0.05) is 15.5 Å². The van der Waals surface area contributed by atoms with Crippen molar-refractivity contribution in [1.82, 2.24) is 14.8 Å². The van der Waals surface area contributed by atoms with Crippen LogP contribution in [0.4, 0.5) is 5.13 Å². The number of rotatable bonds is 3. The van der Waals surface area contributed by atoms with Crippen molar-refractivity contribution in [3.05, 3.63) is 73.2 Å². The minimum Gasteiger partial charge on any atom is -0.295 e. The summed E-state index contributed by atoms with van der Waals surface area (Å²) in [6.07, 6.45) is 1.60. The van der Waals surface area contributed by atoms with Gasteiger partial charge in [0.05, 0.1) is 21.5 Å². The summed E-state index contributed by atoms with van der Waals surface area (Å²) in [4.78, 5) is 21.7. The molecule has 0 bridgehead atoms. The summed E-state index contributed by atoms with van der Waals surface area (Å²) in [5.74, 6) is 0. The zero-order valence-corrected chi connectivity index (χ0v) is 17.1. The molecule has 0 atom stereocenters. The van der Waals surface area contributed by atoms with Gasteiger partial charge in [0.2, 0.25) is 5.13 Å². The van der Waals surface area contributed by atoms with Gasteiger partial charge < -0.3 is 0 Å². The maximum Gasteiger partial charge on any atom is 0.280 e. The van der Waals surface area contributed by atoms with Crippen LogP contribution in [0.1, 0.15) is 16.8 Å². The molecule has 130 valence electrons. The Morgan fingerprint density at radius 2 is 1.96 bits per heavy atom. The number of aromatic nitrogens is 3. The number of thiazole rings is 1. The minimum absolute atomic E-state index is 0.121. The quantitative estimate of drug-likeness (QED) is 0.344. The lowest BCUT2D eigenvalue weighted by Crippen LogP contribution is -2.17. The van der Waals surface area contributed by atoms with Crippen molar-refractivity contribution in [3.63, 3.8) is 0 Å². The van der Waals surface area contributed by atoms with Crippen LogP contribution in [-0.4, -0.2) is 21.0 Å². The van der Waals surface area contributed by atoms with Crippen LogP contribution in [0.2, 0.25) is 0 Å². The van der Waals surface area contributed by atoms with E-state index in [1.807, 2.05) is 43.3 Å². The number of aromatic amines is 1. The van der Waals surface area contributed by atoms with Gasteiger partial charge in [-0.2, -0.15) is 0 Å². The molecule has 2 aromatic heterocycles. The number of hydrogen-bond acceptors (Lipinski definition) is 4. The van der Waals surface area contributed by atoms with E-state index >= 15 is 0 Å². The number of nitrogens with one attached hydrogen (secondary N) is 1. The molecule has 0 aliphatic rings. The highest BCUT2D eigenvalue weighted by atomic mass is 127. The molecule has 0 saturated carbocycles. The fourth-order valence-electron chi connectivity index (χ4n) is 2.68. The first-order valence-corrected chi connectivity index (χ1v) is 9.89. The number of nitrogens with zero attached hydrogens (tertiary/aromatic N) is 3. The van der Waals surface area contributed by atoms with Gasteiger partial charge >= 0.3 is 0 Å². The van der Waals surface area contributed by atoms with E-state index in [1.54, 1.807) is 6.21 Å². The summed E-state index contributed by atoms with van der Waals surface area (Å²) in [5, 5.41) is 3.76. The summed E-state index contributed by atoms with van der Waals surface area (Å²) >= 11 is 3.76. The fourth-order valence-corrected chi connectivity index (χ4v) is 3.95. The molecule has 0 radical (unpaired) electrons. The molecule has 4 rings (SSSR count). The zero-order chi connectivity index (χ0) is 18.3. The second-order valence-electron chi connectivity index (χ2n) is 5.99. The van der Waals surface area contributed by atoms with Crippen LogP contribution in [0.15, 0.2) is 52.3 Å². The van der Waals surface area contributed by atoms with Gasteiger partial charge in [-0.05, 0) is 78.4 Å². The van der Waals surface area contributed by atoms with E-state index in [2.05, 4.69) is 50.7 Å².